The van der Waals surface area contributed by atoms with Gasteiger partial charge in [0.05, 0.1) is 16.4 Å². The number of nitrogens with two attached hydrogens (primary N) is 1. The van der Waals surface area contributed by atoms with Crippen LogP contribution < -0.4 is 11.1 Å². The summed E-state index contributed by atoms with van der Waals surface area (Å²) < 4.78 is 5.41. The average molecular weight is 352 g/mol. The highest BCUT2D eigenvalue weighted by Crippen LogP contribution is 2.37. The number of anilines is 2. The molecule has 2 rings (SSSR count). The van der Waals surface area contributed by atoms with Crippen molar-refractivity contribution in [3.63, 3.8) is 0 Å². The highest BCUT2D eigenvalue weighted by molar-refractivity contribution is 6.35. The van der Waals surface area contributed by atoms with Crippen LogP contribution in [0.1, 0.15) is 39.7 Å². The van der Waals surface area contributed by atoms with Gasteiger partial charge in [0.15, 0.2) is 0 Å². The van der Waals surface area contributed by atoms with Crippen LogP contribution in [0.3, 0.4) is 0 Å². The number of halogens is 1. The van der Waals surface area contributed by atoms with Crippen LogP contribution in [0.5, 0.6) is 0 Å². The summed E-state index contributed by atoms with van der Waals surface area (Å²) in [4.78, 5) is 13.8. The minimum absolute atomic E-state index is 0.283. The van der Waals surface area contributed by atoms with E-state index >= 15 is 0 Å². The molecule has 0 radical (unpaired) electrons. The highest BCUT2D eigenvalue weighted by Gasteiger charge is 2.24. The Kier molecular flexibility index (Phi) is 5.65. The van der Waals surface area contributed by atoms with Crippen molar-refractivity contribution in [3.8, 4) is 0 Å². The Balaban J connectivity index is 2.16. The van der Waals surface area contributed by atoms with E-state index in [2.05, 4.69) is 5.32 Å². The maximum Gasteiger partial charge on any atom is 0.410 e. The summed E-state index contributed by atoms with van der Waals surface area (Å²) in [6, 6.07) is 3.80. The summed E-state index contributed by atoms with van der Waals surface area (Å²) in [6.45, 7) is 9.48. The maximum absolute atomic E-state index is 12.1. The SMILES string of the molecule is CCNc1c(N)ccc(C2=CCN(C(=O)OC(C)(C)C)CC2)c1Cl. The molecule has 0 aliphatic carbocycles. The van der Waals surface area contributed by atoms with E-state index in [4.69, 9.17) is 22.1 Å². The van der Waals surface area contributed by atoms with E-state index in [0.717, 1.165) is 29.8 Å². The molecule has 0 atom stereocenters. The number of amides is 1. The fourth-order valence-corrected chi connectivity index (χ4v) is 2.96. The number of benzene rings is 1. The normalized spacial score (nSPS) is 15.0. The Bertz CT molecular complexity index is 650. The number of nitrogens with zero attached hydrogens (tertiary/aromatic N) is 1. The minimum atomic E-state index is -0.484. The summed E-state index contributed by atoms with van der Waals surface area (Å²) in [5, 5.41) is 3.84. The van der Waals surface area contributed by atoms with Crippen molar-refractivity contribution in [2.24, 2.45) is 0 Å². The molecule has 0 unspecified atom stereocenters. The lowest BCUT2D eigenvalue weighted by Gasteiger charge is -2.30. The second-order valence-electron chi connectivity index (χ2n) is 6.83. The number of rotatable bonds is 3. The van der Waals surface area contributed by atoms with E-state index in [1.807, 2.05) is 45.9 Å². The van der Waals surface area contributed by atoms with Crippen LogP contribution in [0.15, 0.2) is 18.2 Å². The number of nitrogen functional groups attached to an aromatic ring is 1. The van der Waals surface area contributed by atoms with Gasteiger partial charge in [-0.15, -0.1) is 0 Å². The fourth-order valence-electron chi connectivity index (χ4n) is 2.60. The van der Waals surface area contributed by atoms with Crippen LogP contribution in [-0.2, 0) is 4.74 Å². The van der Waals surface area contributed by atoms with Crippen LogP contribution in [0.2, 0.25) is 5.02 Å². The van der Waals surface area contributed by atoms with Crippen molar-refractivity contribution in [2.75, 3.05) is 30.7 Å². The Morgan fingerprint density at radius 2 is 2.12 bits per heavy atom. The summed E-state index contributed by atoms with van der Waals surface area (Å²) in [7, 11) is 0. The lowest BCUT2D eigenvalue weighted by Crippen LogP contribution is -2.39. The third kappa shape index (κ3) is 4.35. The van der Waals surface area contributed by atoms with E-state index in [9.17, 15) is 4.79 Å². The molecule has 24 heavy (non-hydrogen) atoms. The van der Waals surface area contributed by atoms with Crippen molar-refractivity contribution < 1.29 is 9.53 Å². The van der Waals surface area contributed by atoms with E-state index in [-0.39, 0.29) is 6.09 Å². The molecule has 5 nitrogen and oxygen atoms in total. The number of ether oxygens (including phenoxy) is 1. The molecule has 1 heterocycles. The van der Waals surface area contributed by atoms with Gasteiger partial charge in [-0.2, -0.15) is 0 Å². The van der Waals surface area contributed by atoms with Crippen LogP contribution in [0, 0.1) is 0 Å². The third-order valence-electron chi connectivity index (χ3n) is 3.73. The molecular formula is C18H26ClN3O2. The minimum Gasteiger partial charge on any atom is -0.444 e. The van der Waals surface area contributed by atoms with Crippen molar-refractivity contribution in [3.05, 3.63) is 28.8 Å². The van der Waals surface area contributed by atoms with Gasteiger partial charge in [0.25, 0.3) is 0 Å². The molecule has 1 aliphatic rings. The molecule has 0 saturated carbocycles. The number of hydrogen-bond acceptors (Lipinski definition) is 4. The number of carbonyl (C=O) groups is 1. The molecule has 1 aromatic rings. The Morgan fingerprint density at radius 3 is 2.67 bits per heavy atom. The molecule has 1 aromatic carbocycles. The molecule has 1 amide bonds. The van der Waals surface area contributed by atoms with Gasteiger partial charge in [-0.05, 0) is 51.3 Å². The Hall–Kier alpha value is -1.88. The first-order valence-corrected chi connectivity index (χ1v) is 8.60. The molecule has 3 N–H and O–H groups in total. The predicted octanol–water partition coefficient (Wildman–Crippen LogP) is 4.38. The zero-order valence-electron chi connectivity index (χ0n) is 14.8. The molecule has 0 fully saturated rings. The smallest absolute Gasteiger partial charge is 0.410 e. The highest BCUT2D eigenvalue weighted by atomic mass is 35.5. The summed E-state index contributed by atoms with van der Waals surface area (Å²) in [5.74, 6) is 0. The second kappa shape index (κ2) is 7.34. The van der Waals surface area contributed by atoms with Crippen molar-refractivity contribution in [1.29, 1.82) is 0 Å². The first kappa shape index (κ1) is 18.5. The van der Waals surface area contributed by atoms with Gasteiger partial charge in [0, 0.05) is 19.6 Å². The van der Waals surface area contributed by atoms with Gasteiger partial charge < -0.3 is 20.7 Å². The third-order valence-corrected chi connectivity index (χ3v) is 4.13. The summed E-state index contributed by atoms with van der Waals surface area (Å²) >= 11 is 6.52. The Labute approximate surface area is 148 Å². The number of hydrogen-bond donors (Lipinski definition) is 2. The van der Waals surface area contributed by atoms with Crippen molar-refractivity contribution >= 4 is 34.6 Å². The molecule has 0 spiro atoms. The van der Waals surface area contributed by atoms with Crippen LogP contribution >= 0.6 is 11.6 Å². The molecule has 0 aromatic heterocycles. The molecule has 132 valence electrons. The van der Waals surface area contributed by atoms with Crippen molar-refractivity contribution in [1.82, 2.24) is 4.90 Å². The monoisotopic (exact) mass is 351 g/mol. The predicted molar refractivity (Wildman–Crippen MR) is 100 cm³/mol. The van der Waals surface area contributed by atoms with Crippen LogP contribution in [0.4, 0.5) is 16.2 Å². The molecule has 0 bridgehead atoms. The number of nitrogens with one attached hydrogen (secondary N) is 1. The van der Waals surface area contributed by atoms with Gasteiger partial charge in [-0.1, -0.05) is 23.7 Å². The van der Waals surface area contributed by atoms with Crippen LogP contribution in [0.25, 0.3) is 5.57 Å². The lowest BCUT2D eigenvalue weighted by atomic mass is 9.98. The standard InChI is InChI=1S/C18H26ClN3O2/c1-5-21-16-14(20)7-6-13(15(16)19)12-8-10-22(11-9-12)17(23)24-18(2,3)4/h6-8,21H,5,9-11,20H2,1-4H3. The van der Waals surface area contributed by atoms with Gasteiger partial charge in [-0.25, -0.2) is 4.79 Å². The molecule has 1 aliphatic heterocycles. The first-order valence-electron chi connectivity index (χ1n) is 8.22. The van der Waals surface area contributed by atoms with Gasteiger partial charge in [0.1, 0.15) is 5.60 Å². The summed E-state index contributed by atoms with van der Waals surface area (Å²) in [5.41, 5.74) is 9.00. The lowest BCUT2D eigenvalue weighted by molar-refractivity contribution is 0.0270. The largest absolute Gasteiger partial charge is 0.444 e. The second-order valence-corrected chi connectivity index (χ2v) is 7.21. The molecule has 0 saturated heterocycles. The van der Waals surface area contributed by atoms with E-state index < -0.39 is 5.60 Å². The van der Waals surface area contributed by atoms with E-state index in [0.29, 0.717) is 23.8 Å². The van der Waals surface area contributed by atoms with Crippen LogP contribution in [-0.4, -0.2) is 36.2 Å². The molecular weight excluding hydrogens is 326 g/mol. The first-order chi connectivity index (χ1) is 11.2. The molecule has 6 heteroatoms. The van der Waals surface area contributed by atoms with Gasteiger partial charge >= 0.3 is 6.09 Å². The average Bonchev–Trinajstić information content (AvgIpc) is 2.50. The number of carbonyl (C=O) groups excluding carboxylic acids is 1. The zero-order valence-corrected chi connectivity index (χ0v) is 15.5. The van der Waals surface area contributed by atoms with Crippen molar-refractivity contribution in [2.45, 2.75) is 39.7 Å². The maximum atomic E-state index is 12.1. The fraction of sp³-hybridized carbons (Fsp3) is 0.500. The summed E-state index contributed by atoms with van der Waals surface area (Å²) in [6.07, 6.45) is 2.48. The van der Waals surface area contributed by atoms with E-state index in [1.54, 1.807) is 4.90 Å². The van der Waals surface area contributed by atoms with E-state index in [1.165, 1.54) is 0 Å². The zero-order chi connectivity index (χ0) is 17.9. The van der Waals surface area contributed by atoms with Gasteiger partial charge in [-0.3, -0.25) is 0 Å². The Morgan fingerprint density at radius 1 is 1.42 bits per heavy atom. The quantitative estimate of drug-likeness (QED) is 0.793. The topological polar surface area (TPSA) is 67.6 Å². The van der Waals surface area contributed by atoms with Gasteiger partial charge in [0.2, 0.25) is 0 Å².